The SMILES string of the molecule is CC(CCc1nc(-c2ccccc2)c(-c2ccc(Cl)c(Cl)c2)o1)C(=O)O. The number of aromatic nitrogens is 1. The largest absolute Gasteiger partial charge is 0.481 e. The number of rotatable bonds is 6. The average Bonchev–Trinajstić information content (AvgIpc) is 3.07. The van der Waals surface area contributed by atoms with Crippen molar-refractivity contribution >= 4 is 29.2 Å². The van der Waals surface area contributed by atoms with Gasteiger partial charge in [-0.1, -0.05) is 60.5 Å². The molecule has 1 atom stereocenters. The Hall–Kier alpha value is -2.30. The number of aliphatic carboxylic acids is 1. The van der Waals surface area contributed by atoms with Crippen LogP contribution in [0.15, 0.2) is 52.9 Å². The van der Waals surface area contributed by atoms with Gasteiger partial charge in [-0.25, -0.2) is 4.98 Å². The minimum atomic E-state index is -0.829. The zero-order valence-electron chi connectivity index (χ0n) is 14.1. The van der Waals surface area contributed by atoms with Crippen LogP contribution in [-0.2, 0) is 11.2 Å². The lowest BCUT2D eigenvalue weighted by molar-refractivity contribution is -0.141. The smallest absolute Gasteiger partial charge is 0.306 e. The topological polar surface area (TPSA) is 63.3 Å². The van der Waals surface area contributed by atoms with Gasteiger partial charge in [-0.3, -0.25) is 4.79 Å². The summed E-state index contributed by atoms with van der Waals surface area (Å²) in [5.74, 6) is -0.203. The Bertz CT molecular complexity index is 922. The van der Waals surface area contributed by atoms with Crippen molar-refractivity contribution in [2.75, 3.05) is 0 Å². The summed E-state index contributed by atoms with van der Waals surface area (Å²) in [6.45, 7) is 1.67. The first-order chi connectivity index (χ1) is 12.5. The molecule has 0 bridgehead atoms. The van der Waals surface area contributed by atoms with Crippen LogP contribution in [0.25, 0.3) is 22.6 Å². The highest BCUT2D eigenvalue weighted by molar-refractivity contribution is 6.42. The molecule has 26 heavy (non-hydrogen) atoms. The second-order valence-corrected chi connectivity index (χ2v) is 6.87. The van der Waals surface area contributed by atoms with Gasteiger partial charge in [-0.15, -0.1) is 0 Å². The van der Waals surface area contributed by atoms with E-state index in [1.165, 1.54) is 0 Å². The minimum absolute atomic E-state index is 0.431. The van der Waals surface area contributed by atoms with E-state index in [1.807, 2.05) is 36.4 Å². The van der Waals surface area contributed by atoms with Gasteiger partial charge in [0.2, 0.25) is 0 Å². The van der Waals surface area contributed by atoms with E-state index >= 15 is 0 Å². The number of aryl methyl sites for hydroxylation is 1. The van der Waals surface area contributed by atoms with E-state index in [0.29, 0.717) is 40.2 Å². The van der Waals surface area contributed by atoms with Gasteiger partial charge >= 0.3 is 5.97 Å². The molecule has 0 saturated heterocycles. The number of carboxylic acids is 1. The van der Waals surface area contributed by atoms with Crippen molar-refractivity contribution in [1.29, 1.82) is 0 Å². The van der Waals surface area contributed by atoms with Gasteiger partial charge in [0.25, 0.3) is 0 Å². The highest BCUT2D eigenvalue weighted by atomic mass is 35.5. The molecule has 134 valence electrons. The van der Waals surface area contributed by atoms with Gasteiger partial charge in [0, 0.05) is 17.5 Å². The number of oxazole rings is 1. The van der Waals surface area contributed by atoms with Crippen LogP contribution in [0.5, 0.6) is 0 Å². The first-order valence-corrected chi connectivity index (χ1v) is 8.94. The molecular formula is C20H17Cl2NO3. The van der Waals surface area contributed by atoms with Gasteiger partial charge in [0.05, 0.1) is 16.0 Å². The zero-order chi connectivity index (χ0) is 18.7. The molecule has 0 saturated carbocycles. The van der Waals surface area contributed by atoms with Crippen molar-refractivity contribution < 1.29 is 14.3 Å². The maximum absolute atomic E-state index is 11.0. The molecule has 0 amide bonds. The lowest BCUT2D eigenvalue weighted by atomic mass is 10.1. The molecule has 3 rings (SSSR count). The van der Waals surface area contributed by atoms with Crippen molar-refractivity contribution in [1.82, 2.24) is 4.98 Å². The Morgan fingerprint density at radius 1 is 1.12 bits per heavy atom. The summed E-state index contributed by atoms with van der Waals surface area (Å²) in [5.41, 5.74) is 2.38. The van der Waals surface area contributed by atoms with Gasteiger partial charge in [0.15, 0.2) is 11.7 Å². The first-order valence-electron chi connectivity index (χ1n) is 8.19. The number of hydrogen-bond acceptors (Lipinski definition) is 3. The van der Waals surface area contributed by atoms with Crippen molar-refractivity contribution in [3.63, 3.8) is 0 Å². The number of carboxylic acid groups (broad SMARTS) is 1. The van der Waals surface area contributed by atoms with Gasteiger partial charge in [0.1, 0.15) is 5.69 Å². The lowest BCUT2D eigenvalue weighted by Crippen LogP contribution is -2.10. The molecule has 0 radical (unpaired) electrons. The molecule has 2 aromatic carbocycles. The third kappa shape index (κ3) is 4.09. The fraction of sp³-hybridized carbons (Fsp3) is 0.200. The van der Waals surface area contributed by atoms with Crippen LogP contribution in [0.4, 0.5) is 0 Å². The van der Waals surface area contributed by atoms with Crippen LogP contribution in [-0.4, -0.2) is 16.1 Å². The second kappa shape index (κ2) is 7.94. The summed E-state index contributed by atoms with van der Waals surface area (Å²) in [4.78, 5) is 15.6. The second-order valence-electron chi connectivity index (χ2n) is 6.06. The Balaban J connectivity index is 2.00. The van der Waals surface area contributed by atoms with Crippen LogP contribution < -0.4 is 0 Å². The standard InChI is InChI=1S/C20H17Cl2NO3/c1-12(20(24)25)7-10-17-23-18(13-5-3-2-4-6-13)19(26-17)14-8-9-15(21)16(22)11-14/h2-6,8-9,11-12H,7,10H2,1H3,(H,24,25). The Morgan fingerprint density at radius 2 is 1.85 bits per heavy atom. The Kier molecular flexibility index (Phi) is 5.64. The quantitative estimate of drug-likeness (QED) is 0.563. The predicted molar refractivity (Wildman–Crippen MR) is 103 cm³/mol. The van der Waals surface area contributed by atoms with Crippen LogP contribution in [0, 0.1) is 5.92 Å². The van der Waals surface area contributed by atoms with Crippen molar-refractivity contribution in [3.05, 3.63) is 64.5 Å². The van der Waals surface area contributed by atoms with Crippen molar-refractivity contribution in [3.8, 4) is 22.6 Å². The third-order valence-corrected chi connectivity index (χ3v) is 4.85. The zero-order valence-corrected chi connectivity index (χ0v) is 15.6. The molecule has 0 fully saturated rings. The molecular weight excluding hydrogens is 373 g/mol. The molecule has 0 aliphatic carbocycles. The molecule has 0 aliphatic rings. The average molecular weight is 390 g/mol. The van der Waals surface area contributed by atoms with E-state index < -0.39 is 11.9 Å². The highest BCUT2D eigenvalue weighted by Crippen LogP contribution is 2.36. The van der Waals surface area contributed by atoms with Crippen LogP contribution in [0.3, 0.4) is 0 Å². The van der Waals surface area contributed by atoms with E-state index in [0.717, 1.165) is 11.1 Å². The van der Waals surface area contributed by atoms with Crippen molar-refractivity contribution in [2.45, 2.75) is 19.8 Å². The lowest BCUT2D eigenvalue weighted by Gasteiger charge is -2.03. The normalized spacial score (nSPS) is 12.1. The fourth-order valence-corrected chi connectivity index (χ4v) is 2.86. The van der Waals surface area contributed by atoms with E-state index in [1.54, 1.807) is 19.1 Å². The molecule has 1 aromatic heterocycles. The summed E-state index contributed by atoms with van der Waals surface area (Å²) in [7, 11) is 0. The van der Waals surface area contributed by atoms with Gasteiger partial charge in [-0.05, 0) is 24.6 Å². The van der Waals surface area contributed by atoms with Crippen LogP contribution >= 0.6 is 23.2 Å². The monoisotopic (exact) mass is 389 g/mol. The number of carbonyl (C=O) groups is 1. The number of halogens is 2. The fourth-order valence-electron chi connectivity index (χ4n) is 2.56. The molecule has 4 nitrogen and oxygen atoms in total. The molecule has 1 unspecified atom stereocenters. The highest BCUT2D eigenvalue weighted by Gasteiger charge is 2.19. The van der Waals surface area contributed by atoms with Crippen molar-refractivity contribution in [2.24, 2.45) is 5.92 Å². The van der Waals surface area contributed by atoms with E-state index in [-0.39, 0.29) is 0 Å². The molecule has 0 spiro atoms. The predicted octanol–water partition coefficient (Wildman–Crippen LogP) is 5.97. The molecule has 0 aliphatic heterocycles. The molecule has 1 heterocycles. The summed E-state index contributed by atoms with van der Waals surface area (Å²) >= 11 is 12.2. The maximum atomic E-state index is 11.0. The van der Waals surface area contributed by atoms with E-state index in [9.17, 15) is 4.79 Å². The minimum Gasteiger partial charge on any atom is -0.481 e. The van der Waals surface area contributed by atoms with Gasteiger partial charge in [-0.2, -0.15) is 0 Å². The number of hydrogen-bond donors (Lipinski definition) is 1. The summed E-state index contributed by atoms with van der Waals surface area (Å²) in [6.07, 6.45) is 0.888. The molecule has 1 N–H and O–H groups in total. The summed E-state index contributed by atoms with van der Waals surface area (Å²) in [6, 6.07) is 14.9. The van der Waals surface area contributed by atoms with E-state index in [4.69, 9.17) is 32.7 Å². The van der Waals surface area contributed by atoms with Crippen LogP contribution in [0.2, 0.25) is 10.0 Å². The maximum Gasteiger partial charge on any atom is 0.306 e. The summed E-state index contributed by atoms with van der Waals surface area (Å²) in [5, 5.41) is 9.95. The van der Waals surface area contributed by atoms with E-state index in [2.05, 4.69) is 4.98 Å². The number of benzene rings is 2. The molecule has 3 aromatic rings. The van der Waals surface area contributed by atoms with Crippen LogP contribution in [0.1, 0.15) is 19.2 Å². The number of nitrogens with zero attached hydrogens (tertiary/aromatic N) is 1. The third-order valence-electron chi connectivity index (χ3n) is 4.11. The Labute approximate surface area is 161 Å². The summed E-state index contributed by atoms with van der Waals surface area (Å²) < 4.78 is 5.97. The first kappa shape index (κ1) is 18.5. The molecule has 6 heteroatoms. The Morgan fingerprint density at radius 3 is 2.50 bits per heavy atom. The van der Waals surface area contributed by atoms with Gasteiger partial charge < -0.3 is 9.52 Å².